The van der Waals surface area contributed by atoms with Gasteiger partial charge in [0.1, 0.15) is 20.2 Å². The summed E-state index contributed by atoms with van der Waals surface area (Å²) < 4.78 is 70.2. The molecule has 0 aromatic heterocycles. The van der Waals surface area contributed by atoms with Crippen molar-refractivity contribution in [3.8, 4) is 0 Å². The van der Waals surface area contributed by atoms with Gasteiger partial charge in [-0.2, -0.15) is 0 Å². The largest absolute Gasteiger partial charge is 2.00 e. The molecule has 6 nitrogen and oxygen atoms in total. The second-order valence-corrected chi connectivity index (χ2v) is 17.1. The molecule has 9 heteroatoms. The maximum Gasteiger partial charge on any atom is 2.00 e. The van der Waals surface area contributed by atoms with E-state index in [0.717, 1.165) is 85.8 Å². The molecule has 4 rings (SSSR count). The van der Waals surface area contributed by atoms with Gasteiger partial charge in [-0.1, -0.05) is 141 Å². The summed E-state index contributed by atoms with van der Waals surface area (Å²) in [6, 6.07) is 19.3. The Labute approximate surface area is 361 Å². The number of aryl methyl sites for hydroxylation is 4. The summed E-state index contributed by atoms with van der Waals surface area (Å²) in [6.45, 7) is 8.70. The standard InChI is InChI=1S/2C22H32O3S.Ba/c2*1-3-5-7-9-11-18-13-14-19-17-22(26(23,24)25)20(16-21(19)15-18)12-10-8-6-4-2;/h2*13-17H,3-12H2,1-2H3,(H,23,24,25);/q;;+2/p-2. The van der Waals surface area contributed by atoms with Gasteiger partial charge in [0.05, 0.1) is 9.79 Å². The minimum atomic E-state index is -4.45. The molecule has 0 unspecified atom stereocenters. The smallest absolute Gasteiger partial charge is 0.744 e. The molecule has 0 N–H and O–H groups in total. The quantitative estimate of drug-likeness (QED) is 0.0441. The zero-order valence-electron chi connectivity index (χ0n) is 32.9. The van der Waals surface area contributed by atoms with Gasteiger partial charge in [-0.05, 0) is 119 Å². The van der Waals surface area contributed by atoms with Crippen molar-refractivity contribution in [2.24, 2.45) is 0 Å². The normalized spacial score (nSPS) is 11.7. The molecule has 0 fully saturated rings. The Morgan fingerprint density at radius 1 is 0.396 bits per heavy atom. The van der Waals surface area contributed by atoms with Crippen molar-refractivity contribution in [1.29, 1.82) is 0 Å². The van der Waals surface area contributed by atoms with Crippen LogP contribution in [-0.2, 0) is 45.9 Å². The SMILES string of the molecule is CCCCCCc1ccc2cc(S(=O)(=O)[O-])c(CCCCCC)cc2c1.CCCCCCc1ccc2cc(S(=O)(=O)[O-])c(CCCCCC)cc2c1.[Ba+2]. The average molecular weight is 888 g/mol. The van der Waals surface area contributed by atoms with Crippen LogP contribution in [0.3, 0.4) is 0 Å². The van der Waals surface area contributed by atoms with Crippen LogP contribution in [0.4, 0.5) is 0 Å². The number of benzene rings is 4. The zero-order valence-corrected chi connectivity index (χ0v) is 39.0. The van der Waals surface area contributed by atoms with Gasteiger partial charge in [-0.25, -0.2) is 16.8 Å². The molecular weight excluding hydrogens is 826 g/mol. The fraction of sp³-hybridized carbons (Fsp3) is 0.545. The number of hydrogen-bond acceptors (Lipinski definition) is 6. The Balaban J connectivity index is 0.000000360. The summed E-state index contributed by atoms with van der Waals surface area (Å²) in [5, 5.41) is 3.73. The Bertz CT molecular complexity index is 1770. The first kappa shape index (κ1) is 47.9. The molecule has 0 heterocycles. The third kappa shape index (κ3) is 16.8. The second kappa shape index (κ2) is 25.1. The minimum absolute atomic E-state index is 0. The Morgan fingerprint density at radius 3 is 1.02 bits per heavy atom. The summed E-state index contributed by atoms with van der Waals surface area (Å²) in [5.41, 5.74) is 3.91. The molecule has 4 aromatic rings. The maximum atomic E-state index is 11.7. The van der Waals surface area contributed by atoms with E-state index in [1.807, 2.05) is 24.3 Å². The van der Waals surface area contributed by atoms with Gasteiger partial charge in [-0.15, -0.1) is 0 Å². The molecule has 0 radical (unpaired) electrons. The molecule has 0 spiro atoms. The Morgan fingerprint density at radius 2 is 0.717 bits per heavy atom. The van der Waals surface area contributed by atoms with E-state index in [1.165, 1.54) is 62.5 Å². The van der Waals surface area contributed by atoms with Crippen molar-refractivity contribution in [2.45, 2.75) is 166 Å². The fourth-order valence-corrected chi connectivity index (χ4v) is 8.42. The summed E-state index contributed by atoms with van der Waals surface area (Å²) >= 11 is 0. The zero-order chi connectivity index (χ0) is 38.0. The molecule has 0 aliphatic carbocycles. The number of fused-ring (bicyclic) bond motifs is 2. The molecular formula is C44H62BaO6S2. The van der Waals surface area contributed by atoms with E-state index in [2.05, 4.69) is 52.0 Å². The van der Waals surface area contributed by atoms with Gasteiger partial charge in [0.2, 0.25) is 0 Å². The molecule has 0 saturated heterocycles. The van der Waals surface area contributed by atoms with Crippen LogP contribution in [0, 0.1) is 0 Å². The van der Waals surface area contributed by atoms with E-state index >= 15 is 0 Å². The van der Waals surface area contributed by atoms with E-state index in [9.17, 15) is 25.9 Å². The number of rotatable bonds is 22. The molecule has 0 saturated carbocycles. The topological polar surface area (TPSA) is 114 Å². The maximum absolute atomic E-state index is 11.7. The number of unbranched alkanes of at least 4 members (excludes halogenated alkanes) is 12. The molecule has 0 aliphatic heterocycles. The van der Waals surface area contributed by atoms with Crippen molar-refractivity contribution < 1.29 is 25.9 Å². The number of hydrogen-bond donors (Lipinski definition) is 0. The van der Waals surface area contributed by atoms with Gasteiger partial charge >= 0.3 is 48.9 Å². The van der Waals surface area contributed by atoms with Gasteiger partial charge in [0.25, 0.3) is 0 Å². The summed E-state index contributed by atoms with van der Waals surface area (Å²) in [7, 11) is -8.90. The Kier molecular flexibility index (Phi) is 22.7. The van der Waals surface area contributed by atoms with E-state index in [1.54, 1.807) is 12.1 Å². The monoisotopic (exact) mass is 888 g/mol. The summed E-state index contributed by atoms with van der Waals surface area (Å²) in [6.07, 6.45) is 21.7. The van der Waals surface area contributed by atoms with Gasteiger partial charge in [0, 0.05) is 0 Å². The third-order valence-electron chi connectivity index (χ3n) is 9.94. The predicted octanol–water partition coefficient (Wildman–Crippen LogP) is 11.6. The minimum Gasteiger partial charge on any atom is -0.744 e. The molecule has 288 valence electrons. The van der Waals surface area contributed by atoms with Crippen LogP contribution in [-0.4, -0.2) is 74.8 Å². The van der Waals surface area contributed by atoms with Crippen LogP contribution in [0.2, 0.25) is 0 Å². The van der Waals surface area contributed by atoms with E-state index in [-0.39, 0.29) is 58.7 Å². The van der Waals surface area contributed by atoms with Crippen molar-refractivity contribution in [1.82, 2.24) is 0 Å². The van der Waals surface area contributed by atoms with E-state index in [0.29, 0.717) is 24.0 Å². The first-order valence-electron chi connectivity index (χ1n) is 19.9. The van der Waals surface area contributed by atoms with E-state index < -0.39 is 20.2 Å². The fourth-order valence-electron chi connectivity index (χ4n) is 6.91. The molecule has 0 bridgehead atoms. The summed E-state index contributed by atoms with van der Waals surface area (Å²) in [5.74, 6) is 0. The van der Waals surface area contributed by atoms with Crippen LogP contribution < -0.4 is 0 Å². The molecule has 0 atom stereocenters. The van der Waals surface area contributed by atoms with Crippen molar-refractivity contribution >= 4 is 90.7 Å². The van der Waals surface area contributed by atoms with E-state index in [4.69, 9.17) is 0 Å². The van der Waals surface area contributed by atoms with Crippen LogP contribution in [0.15, 0.2) is 70.5 Å². The second-order valence-electron chi connectivity index (χ2n) is 14.4. The Hall–Kier alpha value is -1.21. The van der Waals surface area contributed by atoms with Crippen LogP contribution in [0.1, 0.15) is 153 Å². The van der Waals surface area contributed by atoms with Crippen LogP contribution in [0.25, 0.3) is 21.5 Å². The third-order valence-corrected chi connectivity index (χ3v) is 11.8. The molecule has 53 heavy (non-hydrogen) atoms. The van der Waals surface area contributed by atoms with Gasteiger partial charge < -0.3 is 9.11 Å². The van der Waals surface area contributed by atoms with Gasteiger partial charge in [0.15, 0.2) is 0 Å². The van der Waals surface area contributed by atoms with Crippen LogP contribution in [0.5, 0.6) is 0 Å². The van der Waals surface area contributed by atoms with Crippen LogP contribution >= 0.6 is 0 Å². The molecule has 0 amide bonds. The van der Waals surface area contributed by atoms with Crippen molar-refractivity contribution in [3.05, 3.63) is 82.9 Å². The first-order valence-corrected chi connectivity index (χ1v) is 22.8. The molecule has 0 aliphatic rings. The summed E-state index contributed by atoms with van der Waals surface area (Å²) in [4.78, 5) is -0.0885. The predicted molar refractivity (Wildman–Crippen MR) is 221 cm³/mol. The first-order chi connectivity index (χ1) is 24.9. The van der Waals surface area contributed by atoms with Crippen molar-refractivity contribution in [2.75, 3.05) is 0 Å². The average Bonchev–Trinajstić information content (AvgIpc) is 3.11. The van der Waals surface area contributed by atoms with Crippen molar-refractivity contribution in [3.63, 3.8) is 0 Å². The molecule has 4 aromatic carbocycles. The van der Waals surface area contributed by atoms with Gasteiger partial charge in [-0.3, -0.25) is 0 Å².